The number of ether oxygens (including phenoxy) is 2. The molecule has 0 saturated heterocycles. The van der Waals surface area contributed by atoms with E-state index < -0.39 is 17.9 Å². The molecule has 0 bridgehead atoms. The normalized spacial score (nSPS) is 13.1. The number of Topliss-reactive ketones (excluding diaryl/α,β-unsaturated/α-hetero) is 1. The van der Waals surface area contributed by atoms with Crippen molar-refractivity contribution in [1.82, 2.24) is 4.98 Å². The number of nitrogens with zero attached hydrogens (tertiary/aromatic N) is 1. The molecule has 4 N–H and O–H groups in total. The van der Waals surface area contributed by atoms with Crippen molar-refractivity contribution in [2.75, 3.05) is 14.2 Å². The number of aromatic hydroxyl groups is 3. The Morgan fingerprint density at radius 2 is 1.55 bits per heavy atom. The van der Waals surface area contributed by atoms with Crippen LogP contribution >= 0.6 is 0 Å². The van der Waals surface area contributed by atoms with E-state index in [1.165, 1.54) is 18.7 Å². The minimum Gasteiger partial charge on any atom is -0.670 e. The molecule has 5 aromatic carbocycles. The van der Waals surface area contributed by atoms with Gasteiger partial charge in [0.25, 0.3) is 0 Å². The molecule has 0 unspecified atom stereocenters. The van der Waals surface area contributed by atoms with Crippen LogP contribution in [0.1, 0.15) is 58.2 Å². The summed E-state index contributed by atoms with van der Waals surface area (Å²) in [4.78, 5) is 18.6. The Kier molecular flexibility index (Phi) is 11.7. The van der Waals surface area contributed by atoms with E-state index in [0.29, 0.717) is 36.3 Å². The van der Waals surface area contributed by atoms with Crippen LogP contribution in [0.15, 0.2) is 109 Å². The third-order valence-corrected chi connectivity index (χ3v) is 10.3. The lowest BCUT2D eigenvalue weighted by molar-refractivity contribution is -0.123. The first-order chi connectivity index (χ1) is 25.7. The topological polar surface area (TPSA) is 131 Å². The quantitative estimate of drug-likeness (QED) is 0.0799. The number of phenols is 3. The molecule has 0 radical (unpaired) electrons. The molecule has 6 rings (SSSR count). The second-order valence-corrected chi connectivity index (χ2v) is 13.6. The van der Waals surface area contributed by atoms with Gasteiger partial charge in [0, 0.05) is 24.3 Å². The molecule has 8 nitrogen and oxygen atoms in total. The first-order valence-corrected chi connectivity index (χ1v) is 18.0. The second kappa shape index (κ2) is 16.7. The lowest BCUT2D eigenvalue weighted by Crippen LogP contribution is -2.30. The zero-order valence-electron chi connectivity index (χ0n) is 30.3. The highest BCUT2D eigenvalue weighted by Gasteiger charge is 2.30. The van der Waals surface area contributed by atoms with Crippen LogP contribution in [0.5, 0.6) is 28.7 Å². The fourth-order valence-electron chi connectivity index (χ4n) is 7.50. The molecular formula is C45H46NO7-. The van der Waals surface area contributed by atoms with E-state index in [1.54, 1.807) is 62.0 Å². The van der Waals surface area contributed by atoms with E-state index >= 15 is 0 Å². The SMILES string of the molecule is CCc1ccc2ccccc2c1Cc1c(C[C@H](Cc2cc[n-]c2)[C@H](O)CC(=O)[C@H](Cc2ccc(O)c(OC)c2)c2cccc(O)c2)ccc(O)c1OC. The predicted molar refractivity (Wildman–Crippen MR) is 206 cm³/mol. The number of rotatable bonds is 16. The lowest BCUT2D eigenvalue weighted by atomic mass is 9.80. The molecule has 53 heavy (non-hydrogen) atoms. The van der Waals surface area contributed by atoms with E-state index in [4.69, 9.17) is 9.47 Å². The Balaban J connectivity index is 1.35. The van der Waals surface area contributed by atoms with Gasteiger partial charge in [0.05, 0.1) is 20.3 Å². The van der Waals surface area contributed by atoms with Gasteiger partial charge < -0.3 is 34.9 Å². The molecule has 0 amide bonds. The highest BCUT2D eigenvalue weighted by atomic mass is 16.5. The highest BCUT2D eigenvalue weighted by molar-refractivity contribution is 5.88. The van der Waals surface area contributed by atoms with Crippen LogP contribution in [-0.2, 0) is 36.9 Å². The van der Waals surface area contributed by atoms with Crippen LogP contribution < -0.4 is 14.5 Å². The maximum Gasteiger partial charge on any atom is 0.164 e. The summed E-state index contributed by atoms with van der Waals surface area (Å²) in [5.74, 6) is -0.508. The summed E-state index contributed by atoms with van der Waals surface area (Å²) >= 11 is 0. The third-order valence-electron chi connectivity index (χ3n) is 10.3. The molecule has 1 heterocycles. The summed E-state index contributed by atoms with van der Waals surface area (Å²) in [7, 11) is 3.02. The molecular weight excluding hydrogens is 666 g/mol. The molecule has 0 aliphatic rings. The first kappa shape index (κ1) is 37.0. The third kappa shape index (κ3) is 8.50. The van der Waals surface area contributed by atoms with Gasteiger partial charge in [-0.3, -0.25) is 4.79 Å². The maximum atomic E-state index is 14.3. The van der Waals surface area contributed by atoms with Crippen molar-refractivity contribution in [3.63, 3.8) is 0 Å². The van der Waals surface area contributed by atoms with Crippen LogP contribution in [-0.4, -0.2) is 46.5 Å². The summed E-state index contributed by atoms with van der Waals surface area (Å²) in [6.45, 7) is 2.13. The second-order valence-electron chi connectivity index (χ2n) is 13.6. The van der Waals surface area contributed by atoms with Gasteiger partial charge in [0.2, 0.25) is 0 Å². The molecule has 0 fully saturated rings. The van der Waals surface area contributed by atoms with Crippen LogP contribution in [0.25, 0.3) is 10.8 Å². The number of methoxy groups -OCH3 is 2. The maximum absolute atomic E-state index is 14.3. The first-order valence-electron chi connectivity index (χ1n) is 18.0. The highest BCUT2D eigenvalue weighted by Crippen LogP contribution is 2.39. The fourth-order valence-corrected chi connectivity index (χ4v) is 7.50. The molecule has 1 aromatic heterocycles. The van der Waals surface area contributed by atoms with Crippen molar-refractivity contribution in [1.29, 1.82) is 0 Å². The van der Waals surface area contributed by atoms with E-state index in [9.17, 15) is 25.2 Å². The smallest absolute Gasteiger partial charge is 0.164 e. The number of aryl methyl sites for hydroxylation is 1. The zero-order valence-corrected chi connectivity index (χ0v) is 30.3. The van der Waals surface area contributed by atoms with Gasteiger partial charge in [-0.2, -0.15) is 12.4 Å². The van der Waals surface area contributed by atoms with Crippen molar-refractivity contribution in [3.05, 3.63) is 148 Å². The van der Waals surface area contributed by atoms with E-state index in [0.717, 1.165) is 45.0 Å². The Hall–Kier alpha value is -5.73. The van der Waals surface area contributed by atoms with Crippen molar-refractivity contribution >= 4 is 16.6 Å². The average molecular weight is 713 g/mol. The molecule has 8 heteroatoms. The summed E-state index contributed by atoms with van der Waals surface area (Å²) in [6, 6.07) is 29.6. The van der Waals surface area contributed by atoms with Gasteiger partial charge >= 0.3 is 0 Å². The Morgan fingerprint density at radius 1 is 0.755 bits per heavy atom. The van der Waals surface area contributed by atoms with Crippen molar-refractivity contribution < 1.29 is 34.7 Å². The number of aliphatic hydroxyl groups is 1. The number of hydrogen-bond donors (Lipinski definition) is 4. The number of carbonyl (C=O) groups is 1. The van der Waals surface area contributed by atoms with Gasteiger partial charge in [-0.1, -0.05) is 79.2 Å². The Morgan fingerprint density at radius 3 is 2.28 bits per heavy atom. The molecule has 0 aliphatic carbocycles. The van der Waals surface area contributed by atoms with Gasteiger partial charge in [0.1, 0.15) is 11.5 Å². The zero-order chi connectivity index (χ0) is 37.5. The Bertz CT molecular complexity index is 2170. The number of carbonyl (C=O) groups excluding carboxylic acids is 1. The van der Waals surface area contributed by atoms with Crippen molar-refractivity contribution in [2.45, 2.75) is 57.5 Å². The number of phenolic OH excluding ortho intramolecular Hbond substituents is 3. The molecule has 6 aromatic rings. The molecule has 0 saturated carbocycles. The lowest BCUT2D eigenvalue weighted by Gasteiger charge is -2.27. The monoisotopic (exact) mass is 712 g/mol. The number of aliphatic hydroxyl groups excluding tert-OH is 1. The summed E-state index contributed by atoms with van der Waals surface area (Å²) in [5.41, 5.74) is 6.43. The van der Waals surface area contributed by atoms with Gasteiger partial charge in [-0.05, 0) is 101 Å². The number of fused-ring (bicyclic) bond motifs is 1. The number of ketones is 1. The van der Waals surface area contributed by atoms with Crippen LogP contribution in [0.3, 0.4) is 0 Å². The minimum atomic E-state index is -1.04. The number of hydrogen-bond acceptors (Lipinski definition) is 7. The molecule has 0 spiro atoms. The summed E-state index contributed by atoms with van der Waals surface area (Å²) in [6.07, 6.45) is 4.81. The average Bonchev–Trinajstić information content (AvgIpc) is 3.68. The predicted octanol–water partition coefficient (Wildman–Crippen LogP) is 7.83. The Labute approximate surface area is 310 Å². The summed E-state index contributed by atoms with van der Waals surface area (Å²) < 4.78 is 11.2. The molecule has 274 valence electrons. The largest absolute Gasteiger partial charge is 0.670 e. The molecule has 0 aliphatic heterocycles. The number of benzene rings is 5. The van der Waals surface area contributed by atoms with Gasteiger partial charge in [-0.25, -0.2) is 0 Å². The van der Waals surface area contributed by atoms with E-state index in [1.807, 2.05) is 24.3 Å². The summed E-state index contributed by atoms with van der Waals surface area (Å²) in [5, 5.41) is 45.8. The van der Waals surface area contributed by atoms with Crippen LogP contribution in [0, 0.1) is 5.92 Å². The van der Waals surface area contributed by atoms with Crippen LogP contribution in [0.4, 0.5) is 0 Å². The van der Waals surface area contributed by atoms with E-state index in [2.05, 4.69) is 36.2 Å². The fraction of sp³-hybridized carbons (Fsp3) is 0.267. The van der Waals surface area contributed by atoms with Gasteiger partial charge in [-0.15, -0.1) is 0 Å². The van der Waals surface area contributed by atoms with Crippen molar-refractivity contribution in [3.8, 4) is 28.7 Å². The number of aromatic nitrogens is 1. The van der Waals surface area contributed by atoms with Gasteiger partial charge in [0.15, 0.2) is 23.0 Å². The van der Waals surface area contributed by atoms with E-state index in [-0.39, 0.29) is 35.9 Å². The van der Waals surface area contributed by atoms with Crippen molar-refractivity contribution in [2.24, 2.45) is 5.92 Å². The van der Waals surface area contributed by atoms with Crippen LogP contribution in [0.2, 0.25) is 0 Å². The minimum absolute atomic E-state index is 0.00616. The standard InChI is InChI=1S/C45H46NO7/c1-4-30-13-14-31-8-5-6-11-36(31)37(30)25-39-33(15-17-41(49)45(39)53-3)23-34(20-29-18-19-46-27-29)42(50)26-43(51)38(32-9-7-10-35(47)24-32)21-28-12-16-40(48)44(22-28)52-2/h5-19,22,24,27,34,38,42,47-50H,4,20-21,23,25-26H2,1-3H3/q-1/t34-,38+,42+/m0/s1. The molecule has 3 atom stereocenters.